The van der Waals surface area contributed by atoms with Crippen molar-refractivity contribution in [3.8, 4) is 0 Å². The van der Waals surface area contributed by atoms with Gasteiger partial charge in [-0.25, -0.2) is 0 Å². The maximum atomic E-state index is 10.5. The zero-order valence-electron chi connectivity index (χ0n) is 7.01. The first-order valence-electron chi connectivity index (χ1n) is 4.11. The van der Waals surface area contributed by atoms with Crippen LogP contribution in [0.25, 0.3) is 0 Å². The van der Waals surface area contributed by atoms with Crippen molar-refractivity contribution in [1.29, 1.82) is 0 Å². The van der Waals surface area contributed by atoms with Crippen LogP contribution in [0.4, 0.5) is 0 Å². The van der Waals surface area contributed by atoms with Crippen LogP contribution in [0, 0.1) is 0 Å². The second-order valence-corrected chi connectivity index (χ2v) is 3.82. The maximum absolute atomic E-state index is 10.5. The molecule has 2 rings (SSSR count). The van der Waals surface area contributed by atoms with Crippen LogP contribution in [0.5, 0.6) is 0 Å². The Bertz CT molecular complexity index is 334. The topological polar surface area (TPSA) is 29.4 Å². The van der Waals surface area contributed by atoms with Gasteiger partial charge in [0, 0.05) is 11.3 Å². The third kappa shape index (κ3) is 1.80. The molecule has 66 valence electrons. The lowest BCUT2D eigenvalue weighted by Crippen LogP contribution is -2.03. The van der Waals surface area contributed by atoms with Crippen LogP contribution in [-0.4, -0.2) is 23.1 Å². The predicted octanol–water partition coefficient (Wildman–Crippen LogP) is 1.75. The lowest BCUT2D eigenvalue weighted by atomic mass is 10.2. The van der Waals surface area contributed by atoms with E-state index in [-0.39, 0.29) is 6.04 Å². The number of aldehydes is 1. The van der Waals surface area contributed by atoms with Gasteiger partial charge in [-0.05, 0) is 0 Å². The Hall–Kier alpha value is -1.09. The summed E-state index contributed by atoms with van der Waals surface area (Å²) < 4.78 is 0. The van der Waals surface area contributed by atoms with E-state index in [1.807, 2.05) is 30.3 Å². The minimum atomic E-state index is -0.139. The van der Waals surface area contributed by atoms with Gasteiger partial charge < -0.3 is 4.79 Å². The van der Waals surface area contributed by atoms with Crippen molar-refractivity contribution < 1.29 is 4.79 Å². The van der Waals surface area contributed by atoms with Gasteiger partial charge in [0.05, 0.1) is 5.04 Å². The molecule has 0 amide bonds. The largest absolute Gasteiger partial charge is 0.301 e. The van der Waals surface area contributed by atoms with Crippen molar-refractivity contribution in [2.45, 2.75) is 6.04 Å². The van der Waals surface area contributed by atoms with Gasteiger partial charge >= 0.3 is 0 Å². The molecule has 3 heteroatoms. The van der Waals surface area contributed by atoms with Gasteiger partial charge in [-0.1, -0.05) is 30.3 Å². The summed E-state index contributed by atoms with van der Waals surface area (Å²) in [6.45, 7) is 0. The summed E-state index contributed by atoms with van der Waals surface area (Å²) in [6.07, 6.45) is 0.906. The molecule has 1 atom stereocenters. The van der Waals surface area contributed by atoms with Crippen LogP contribution >= 0.6 is 11.8 Å². The van der Waals surface area contributed by atoms with Crippen LogP contribution in [0.1, 0.15) is 5.56 Å². The van der Waals surface area contributed by atoms with Gasteiger partial charge in [-0.15, -0.1) is 11.8 Å². The second-order valence-electron chi connectivity index (χ2n) is 2.81. The maximum Gasteiger partial charge on any atom is 0.145 e. The standard InChI is InChI=1S/C10H9NOS/c12-6-9-7-13-10(11-9)8-4-2-1-3-5-8/h1-6,9H,7H2/t9-/m0/s1. The van der Waals surface area contributed by atoms with Gasteiger partial charge in [-0.3, -0.25) is 4.99 Å². The Morgan fingerprint density at radius 2 is 2.15 bits per heavy atom. The molecule has 1 aromatic rings. The monoisotopic (exact) mass is 191 g/mol. The zero-order valence-corrected chi connectivity index (χ0v) is 7.83. The highest BCUT2D eigenvalue weighted by atomic mass is 32.2. The number of aliphatic imine (C=N–C) groups is 1. The predicted molar refractivity (Wildman–Crippen MR) is 55.3 cm³/mol. The summed E-state index contributed by atoms with van der Waals surface area (Å²) in [7, 11) is 0. The summed E-state index contributed by atoms with van der Waals surface area (Å²) in [5.74, 6) is 0.785. The molecule has 0 saturated heterocycles. The Balaban J connectivity index is 2.24. The summed E-state index contributed by atoms with van der Waals surface area (Å²) in [6, 6.07) is 9.82. The van der Waals surface area contributed by atoms with Crippen LogP contribution in [0.15, 0.2) is 35.3 Å². The minimum Gasteiger partial charge on any atom is -0.301 e. The summed E-state index contributed by atoms with van der Waals surface area (Å²) in [5, 5.41) is 0.984. The summed E-state index contributed by atoms with van der Waals surface area (Å²) >= 11 is 1.65. The van der Waals surface area contributed by atoms with Crippen molar-refractivity contribution in [3.05, 3.63) is 35.9 Å². The molecule has 1 aliphatic heterocycles. The lowest BCUT2D eigenvalue weighted by Gasteiger charge is -1.96. The van der Waals surface area contributed by atoms with Gasteiger partial charge in [-0.2, -0.15) is 0 Å². The lowest BCUT2D eigenvalue weighted by molar-refractivity contribution is -0.108. The molecule has 0 saturated carbocycles. The molecule has 1 aromatic carbocycles. The molecule has 1 aliphatic rings. The number of thioether (sulfide) groups is 1. The Kier molecular flexibility index (Phi) is 2.45. The molecule has 1 heterocycles. The van der Waals surface area contributed by atoms with Gasteiger partial charge in [0.25, 0.3) is 0 Å². The first kappa shape index (κ1) is 8.51. The summed E-state index contributed by atoms with van der Waals surface area (Å²) in [4.78, 5) is 14.8. The SMILES string of the molecule is O=C[C@H]1CSC(c2ccccc2)=N1. The fraction of sp³-hybridized carbons (Fsp3) is 0.200. The number of carbonyl (C=O) groups excluding carboxylic acids is 1. The zero-order chi connectivity index (χ0) is 9.10. The van der Waals surface area contributed by atoms with E-state index in [4.69, 9.17) is 0 Å². The van der Waals surface area contributed by atoms with Crippen molar-refractivity contribution in [3.63, 3.8) is 0 Å². The van der Waals surface area contributed by atoms with Crippen molar-refractivity contribution >= 4 is 23.1 Å². The quantitative estimate of drug-likeness (QED) is 0.666. The van der Waals surface area contributed by atoms with E-state index >= 15 is 0 Å². The molecule has 13 heavy (non-hydrogen) atoms. The van der Waals surface area contributed by atoms with Crippen LogP contribution in [0.2, 0.25) is 0 Å². The molecular formula is C10H9NOS. The number of hydrogen-bond donors (Lipinski definition) is 0. The first-order chi connectivity index (χ1) is 6.40. The molecule has 0 radical (unpaired) electrons. The smallest absolute Gasteiger partial charge is 0.145 e. The van der Waals surface area contributed by atoms with E-state index in [9.17, 15) is 4.79 Å². The molecule has 2 nitrogen and oxygen atoms in total. The van der Waals surface area contributed by atoms with E-state index in [2.05, 4.69) is 4.99 Å². The molecule has 0 spiro atoms. The Morgan fingerprint density at radius 3 is 2.77 bits per heavy atom. The Labute approximate surface area is 81.1 Å². The second kappa shape index (κ2) is 3.75. The van der Waals surface area contributed by atoms with Crippen molar-refractivity contribution in [2.75, 3.05) is 5.75 Å². The van der Waals surface area contributed by atoms with E-state index < -0.39 is 0 Å². The molecule has 0 aromatic heterocycles. The van der Waals surface area contributed by atoms with Crippen LogP contribution in [-0.2, 0) is 4.79 Å². The van der Waals surface area contributed by atoms with Gasteiger partial charge in [0.1, 0.15) is 12.3 Å². The Morgan fingerprint density at radius 1 is 1.38 bits per heavy atom. The average Bonchev–Trinajstić information content (AvgIpc) is 2.67. The molecule has 0 aliphatic carbocycles. The van der Waals surface area contributed by atoms with E-state index in [1.165, 1.54) is 0 Å². The fourth-order valence-electron chi connectivity index (χ4n) is 1.20. The van der Waals surface area contributed by atoms with E-state index in [0.29, 0.717) is 0 Å². The first-order valence-corrected chi connectivity index (χ1v) is 5.10. The molecule has 0 N–H and O–H groups in total. The number of rotatable bonds is 2. The fourth-order valence-corrected chi connectivity index (χ4v) is 2.19. The van der Waals surface area contributed by atoms with Gasteiger partial charge in [0.2, 0.25) is 0 Å². The highest BCUT2D eigenvalue weighted by Crippen LogP contribution is 2.22. The number of hydrogen-bond acceptors (Lipinski definition) is 3. The third-order valence-corrected chi connectivity index (χ3v) is 2.97. The third-order valence-electron chi connectivity index (χ3n) is 1.85. The number of nitrogens with zero attached hydrogens (tertiary/aromatic N) is 1. The number of carbonyl (C=O) groups is 1. The molecular weight excluding hydrogens is 182 g/mol. The highest BCUT2D eigenvalue weighted by molar-refractivity contribution is 8.14. The molecule has 0 unspecified atom stereocenters. The molecule has 0 fully saturated rings. The van der Waals surface area contributed by atoms with E-state index in [0.717, 1.165) is 22.6 Å². The van der Waals surface area contributed by atoms with Gasteiger partial charge in [0.15, 0.2) is 0 Å². The normalized spacial score (nSPS) is 21.2. The van der Waals surface area contributed by atoms with Crippen LogP contribution < -0.4 is 0 Å². The van der Waals surface area contributed by atoms with Crippen molar-refractivity contribution in [2.24, 2.45) is 4.99 Å². The minimum absolute atomic E-state index is 0.139. The van der Waals surface area contributed by atoms with Crippen LogP contribution in [0.3, 0.4) is 0 Å². The summed E-state index contributed by atoms with van der Waals surface area (Å²) in [5.41, 5.74) is 1.11. The highest BCUT2D eigenvalue weighted by Gasteiger charge is 2.17. The van der Waals surface area contributed by atoms with E-state index in [1.54, 1.807) is 11.8 Å². The van der Waals surface area contributed by atoms with Crippen molar-refractivity contribution in [1.82, 2.24) is 0 Å². The average molecular weight is 191 g/mol. The number of benzene rings is 1. The molecule has 0 bridgehead atoms.